The molecular formula is C27H27BrN2O4. The van der Waals surface area contributed by atoms with Crippen LogP contribution in [0.15, 0.2) is 88.3 Å². The van der Waals surface area contributed by atoms with Gasteiger partial charge in [-0.25, -0.2) is 4.99 Å². The van der Waals surface area contributed by atoms with Crippen molar-refractivity contribution in [2.75, 3.05) is 20.3 Å². The molecule has 0 spiro atoms. The Kier molecular flexibility index (Phi) is 7.65. The molecule has 6 nitrogen and oxygen atoms in total. The van der Waals surface area contributed by atoms with Gasteiger partial charge in [-0.3, -0.25) is 4.79 Å². The normalized spacial score (nSPS) is 19.3. The first-order chi connectivity index (χ1) is 16.6. The van der Waals surface area contributed by atoms with Gasteiger partial charge in [-0.15, -0.1) is 0 Å². The average molecular weight is 523 g/mol. The average Bonchev–Trinajstić information content (AvgIpc) is 3.25. The number of nitrogens with zero attached hydrogens (tertiary/aromatic N) is 1. The molecule has 0 radical (unpaired) electrons. The summed E-state index contributed by atoms with van der Waals surface area (Å²) >= 11 is 3.48. The minimum Gasteiger partial charge on any atom is -0.494 e. The zero-order chi connectivity index (χ0) is 24.0. The van der Waals surface area contributed by atoms with Gasteiger partial charge in [0.2, 0.25) is 5.90 Å². The van der Waals surface area contributed by atoms with E-state index < -0.39 is 11.6 Å². The Morgan fingerprint density at radius 3 is 2.44 bits per heavy atom. The highest BCUT2D eigenvalue weighted by Crippen LogP contribution is 2.42. The molecule has 3 aromatic rings. The van der Waals surface area contributed by atoms with Gasteiger partial charge >= 0.3 is 0 Å². The molecule has 0 bridgehead atoms. The first-order valence-corrected chi connectivity index (χ1v) is 12.0. The molecule has 0 unspecified atom stereocenters. The van der Waals surface area contributed by atoms with E-state index in [1.807, 2.05) is 78.9 Å². The highest BCUT2D eigenvalue weighted by Gasteiger charge is 2.52. The Morgan fingerprint density at radius 1 is 1.09 bits per heavy atom. The molecule has 2 atom stereocenters. The number of ether oxygens (including phenoxy) is 2. The lowest BCUT2D eigenvalue weighted by atomic mass is 9.82. The molecule has 34 heavy (non-hydrogen) atoms. The minimum absolute atomic E-state index is 0.0865. The lowest BCUT2D eigenvalue weighted by Crippen LogP contribution is -2.48. The molecule has 0 aromatic heterocycles. The van der Waals surface area contributed by atoms with Crippen LogP contribution in [0.5, 0.6) is 5.75 Å². The van der Waals surface area contributed by atoms with Crippen LogP contribution in [0, 0.1) is 0 Å². The fourth-order valence-electron chi connectivity index (χ4n) is 4.04. The van der Waals surface area contributed by atoms with Crippen LogP contribution in [0.25, 0.3) is 0 Å². The van der Waals surface area contributed by atoms with E-state index >= 15 is 0 Å². The van der Waals surface area contributed by atoms with Crippen molar-refractivity contribution in [3.63, 3.8) is 0 Å². The number of aliphatic imine (C=N–C) groups is 1. The summed E-state index contributed by atoms with van der Waals surface area (Å²) in [6.07, 6.45) is 0.358. The van der Waals surface area contributed by atoms with Gasteiger partial charge in [0.05, 0.1) is 6.61 Å². The summed E-state index contributed by atoms with van der Waals surface area (Å²) < 4.78 is 13.0. The van der Waals surface area contributed by atoms with Crippen molar-refractivity contribution in [3.05, 3.63) is 100 Å². The second-order valence-electron chi connectivity index (χ2n) is 8.08. The summed E-state index contributed by atoms with van der Waals surface area (Å²) in [5.41, 5.74) is 1.45. The summed E-state index contributed by atoms with van der Waals surface area (Å²) in [4.78, 5) is 18.4. The van der Waals surface area contributed by atoms with Crippen molar-refractivity contribution in [2.24, 2.45) is 4.99 Å². The Bertz CT molecular complexity index is 1130. The van der Waals surface area contributed by atoms with Gasteiger partial charge in [0, 0.05) is 36.5 Å². The molecule has 7 heteroatoms. The van der Waals surface area contributed by atoms with Crippen LogP contribution in [0.4, 0.5) is 0 Å². The molecule has 0 fully saturated rings. The van der Waals surface area contributed by atoms with E-state index in [2.05, 4.69) is 21.2 Å². The van der Waals surface area contributed by atoms with Gasteiger partial charge in [-0.05, 0) is 47.5 Å². The predicted molar refractivity (Wildman–Crippen MR) is 135 cm³/mol. The van der Waals surface area contributed by atoms with Crippen LogP contribution in [-0.4, -0.2) is 42.7 Å². The van der Waals surface area contributed by atoms with Gasteiger partial charge in [0.1, 0.15) is 5.75 Å². The third-order valence-electron chi connectivity index (χ3n) is 5.75. The van der Waals surface area contributed by atoms with Crippen molar-refractivity contribution in [1.29, 1.82) is 0 Å². The third-order valence-corrected chi connectivity index (χ3v) is 6.27. The fourth-order valence-corrected chi connectivity index (χ4v) is 4.31. The quantitative estimate of drug-likeness (QED) is 0.406. The number of likely N-dealkylation sites (N-methyl/N-ethyl adjacent to an activating group) is 1. The number of benzene rings is 3. The number of carbonyl (C=O) groups excluding carboxylic acids is 1. The van der Waals surface area contributed by atoms with Crippen molar-refractivity contribution >= 4 is 27.7 Å². The van der Waals surface area contributed by atoms with Crippen LogP contribution >= 0.6 is 15.9 Å². The Balaban J connectivity index is 1.73. The number of aliphatic hydroxyl groups is 1. The Labute approximate surface area is 207 Å². The summed E-state index contributed by atoms with van der Waals surface area (Å²) in [7, 11) is 1.62. The van der Waals surface area contributed by atoms with Gasteiger partial charge in [-0.1, -0.05) is 58.4 Å². The third kappa shape index (κ3) is 5.16. The predicted octanol–water partition coefficient (Wildman–Crippen LogP) is 4.46. The molecule has 4 rings (SSSR count). The first-order valence-electron chi connectivity index (χ1n) is 11.2. The van der Waals surface area contributed by atoms with Crippen LogP contribution in [0.2, 0.25) is 0 Å². The van der Waals surface area contributed by atoms with Crippen molar-refractivity contribution in [2.45, 2.75) is 24.5 Å². The smallest absolute Gasteiger partial charge is 0.252 e. The monoisotopic (exact) mass is 522 g/mol. The summed E-state index contributed by atoms with van der Waals surface area (Å²) in [5.74, 6) is 0.902. The van der Waals surface area contributed by atoms with Gasteiger partial charge in [0.15, 0.2) is 11.6 Å². The van der Waals surface area contributed by atoms with E-state index in [-0.39, 0.29) is 12.5 Å². The molecule has 0 aliphatic carbocycles. The molecule has 1 amide bonds. The molecular weight excluding hydrogens is 496 g/mol. The Morgan fingerprint density at radius 2 is 1.79 bits per heavy atom. The van der Waals surface area contributed by atoms with Crippen LogP contribution in [0.1, 0.15) is 29.2 Å². The lowest BCUT2D eigenvalue weighted by Gasteiger charge is -2.30. The number of nitrogens with one attached hydrogen (secondary N) is 1. The van der Waals surface area contributed by atoms with E-state index in [1.54, 1.807) is 7.05 Å². The second-order valence-corrected chi connectivity index (χ2v) is 9.00. The number of rotatable bonds is 9. The number of carbonyl (C=O) groups is 1. The number of hydrogen-bond acceptors (Lipinski definition) is 5. The number of hydrogen-bond donors (Lipinski definition) is 2. The fraction of sp³-hybridized carbons (Fsp3) is 0.259. The maximum Gasteiger partial charge on any atom is 0.252 e. The zero-order valence-electron chi connectivity index (χ0n) is 18.9. The minimum atomic E-state index is -1.17. The van der Waals surface area contributed by atoms with Crippen molar-refractivity contribution < 1.29 is 19.4 Å². The highest BCUT2D eigenvalue weighted by atomic mass is 79.9. The molecule has 0 saturated heterocycles. The maximum atomic E-state index is 13.4. The Hall–Kier alpha value is -3.16. The summed E-state index contributed by atoms with van der Waals surface area (Å²) in [6.45, 7) is 0.527. The van der Waals surface area contributed by atoms with Crippen LogP contribution in [0.3, 0.4) is 0 Å². The SMILES string of the molecule is CNC(=O)[C@]1(Cc2ccccc2)N=C(c2ccc(OCCCO)cc2)O[C@@H]1c1ccc(Br)cc1. The first kappa shape index (κ1) is 24.0. The van der Waals surface area contributed by atoms with E-state index in [4.69, 9.17) is 19.6 Å². The van der Waals surface area contributed by atoms with E-state index in [1.165, 1.54) is 0 Å². The molecule has 1 heterocycles. The van der Waals surface area contributed by atoms with Crippen molar-refractivity contribution in [3.8, 4) is 5.75 Å². The van der Waals surface area contributed by atoms with Crippen molar-refractivity contribution in [1.82, 2.24) is 5.32 Å². The number of amides is 1. The highest BCUT2D eigenvalue weighted by molar-refractivity contribution is 9.10. The number of aliphatic hydroxyl groups excluding tert-OH is 1. The summed E-state index contributed by atoms with van der Waals surface area (Å²) in [5, 5.41) is 11.8. The lowest BCUT2D eigenvalue weighted by molar-refractivity contribution is -0.128. The zero-order valence-corrected chi connectivity index (χ0v) is 20.5. The molecule has 0 saturated carbocycles. The molecule has 1 aliphatic rings. The number of halogens is 1. The summed E-state index contributed by atoms with van der Waals surface area (Å²) in [6, 6.07) is 25.0. The molecule has 2 N–H and O–H groups in total. The van der Waals surface area contributed by atoms with E-state index in [0.717, 1.165) is 21.2 Å². The maximum absolute atomic E-state index is 13.4. The topological polar surface area (TPSA) is 80.2 Å². The second kappa shape index (κ2) is 10.8. The van der Waals surface area contributed by atoms with Gasteiger partial charge in [0.25, 0.3) is 5.91 Å². The van der Waals surface area contributed by atoms with Crippen LogP contribution < -0.4 is 10.1 Å². The van der Waals surface area contributed by atoms with E-state index in [9.17, 15) is 4.79 Å². The molecule has 176 valence electrons. The van der Waals surface area contributed by atoms with Crippen LogP contribution in [-0.2, 0) is 16.0 Å². The molecule has 3 aromatic carbocycles. The van der Waals surface area contributed by atoms with E-state index in [0.29, 0.717) is 31.1 Å². The standard InChI is InChI=1S/C27H27BrN2O4/c1-29-26(32)27(18-19-6-3-2-4-7-19)24(20-8-12-22(28)13-9-20)34-25(30-27)21-10-14-23(15-11-21)33-17-5-16-31/h2-4,6-15,24,31H,5,16-18H2,1H3,(H,29,32)/t24-,27-/m1/s1. The van der Waals surface area contributed by atoms with Gasteiger partial charge < -0.3 is 19.9 Å². The molecule has 1 aliphatic heterocycles. The largest absolute Gasteiger partial charge is 0.494 e. The van der Waals surface area contributed by atoms with Gasteiger partial charge in [-0.2, -0.15) is 0 Å².